The summed E-state index contributed by atoms with van der Waals surface area (Å²) in [5, 5.41) is 8.78. The second-order valence-electron chi connectivity index (χ2n) is 3.66. The predicted octanol–water partition coefficient (Wildman–Crippen LogP) is 3.61. The number of hydrogen-bond donors (Lipinski definition) is 1. The summed E-state index contributed by atoms with van der Waals surface area (Å²) in [6.07, 6.45) is 11.9. The summed E-state index contributed by atoms with van der Waals surface area (Å²) in [4.78, 5) is 0. The summed E-state index contributed by atoms with van der Waals surface area (Å²) >= 11 is 0. The van der Waals surface area contributed by atoms with E-state index in [1.54, 1.807) is 13.2 Å². The summed E-state index contributed by atoms with van der Waals surface area (Å²) < 4.78 is 4.86. The second kappa shape index (κ2) is 10.6. The smallest absolute Gasteiger partial charge is 0.193 e. The van der Waals surface area contributed by atoms with E-state index in [2.05, 4.69) is 6.92 Å². The summed E-state index contributed by atoms with van der Waals surface area (Å²) in [5.41, 5.74) is 0. The van der Waals surface area contributed by atoms with Gasteiger partial charge in [0.1, 0.15) is 0 Å². The highest BCUT2D eigenvalue weighted by Crippen LogP contribution is 2.07. The molecule has 0 spiro atoms. The van der Waals surface area contributed by atoms with Crippen LogP contribution in [0.3, 0.4) is 0 Å². The van der Waals surface area contributed by atoms with Gasteiger partial charge in [0.25, 0.3) is 0 Å². The number of hydrogen-bond acceptors (Lipinski definition) is 2. The molecule has 0 bridgehead atoms. The van der Waals surface area contributed by atoms with Crippen LogP contribution in [-0.2, 0) is 4.74 Å². The number of unbranched alkanes of at least 4 members (excludes halogenated alkanes) is 6. The van der Waals surface area contributed by atoms with Crippen molar-refractivity contribution in [2.45, 2.75) is 65.1 Å². The molecule has 84 valence electrons. The largest absolute Gasteiger partial charge is 0.473 e. The topological polar surface area (TPSA) is 29.5 Å². The molecule has 0 saturated heterocycles. The van der Waals surface area contributed by atoms with Crippen molar-refractivity contribution in [2.24, 2.45) is 0 Å². The molecule has 0 aliphatic carbocycles. The lowest BCUT2D eigenvalue weighted by atomic mass is 10.1. The third-order valence-electron chi connectivity index (χ3n) is 2.10. The molecular formula is C12H24O2. The highest BCUT2D eigenvalue weighted by Gasteiger charge is 1.89. The fourth-order valence-electron chi connectivity index (χ4n) is 1.28. The summed E-state index contributed by atoms with van der Waals surface area (Å²) in [7, 11) is 0. The lowest BCUT2D eigenvalue weighted by Gasteiger charge is -2.01. The van der Waals surface area contributed by atoms with Crippen molar-refractivity contribution in [3.05, 3.63) is 12.3 Å². The number of rotatable bonds is 9. The van der Waals surface area contributed by atoms with Crippen molar-refractivity contribution >= 4 is 0 Å². The van der Waals surface area contributed by atoms with Crippen LogP contribution in [0, 0.1) is 0 Å². The minimum absolute atomic E-state index is 0.684. The van der Waals surface area contributed by atoms with E-state index < -0.39 is 6.29 Å². The molecule has 1 unspecified atom stereocenters. The molecule has 1 N–H and O–H groups in total. The lowest BCUT2D eigenvalue weighted by Crippen LogP contribution is -1.99. The molecule has 0 aromatic rings. The quantitative estimate of drug-likeness (QED) is 0.350. The van der Waals surface area contributed by atoms with Gasteiger partial charge in [-0.3, -0.25) is 0 Å². The number of ether oxygens (including phenoxy) is 1. The van der Waals surface area contributed by atoms with Crippen molar-refractivity contribution in [3.63, 3.8) is 0 Å². The van der Waals surface area contributed by atoms with Crippen LogP contribution in [0.25, 0.3) is 0 Å². The van der Waals surface area contributed by atoms with Gasteiger partial charge in [0.2, 0.25) is 0 Å². The maximum atomic E-state index is 8.78. The zero-order valence-corrected chi connectivity index (χ0v) is 9.54. The van der Waals surface area contributed by atoms with Crippen molar-refractivity contribution < 1.29 is 9.84 Å². The van der Waals surface area contributed by atoms with Gasteiger partial charge < -0.3 is 9.84 Å². The van der Waals surface area contributed by atoms with Gasteiger partial charge in [-0.05, 0) is 25.8 Å². The molecular weight excluding hydrogens is 176 g/mol. The van der Waals surface area contributed by atoms with Crippen LogP contribution in [-0.4, -0.2) is 11.4 Å². The maximum absolute atomic E-state index is 8.78. The zero-order chi connectivity index (χ0) is 10.6. The molecule has 2 heteroatoms. The van der Waals surface area contributed by atoms with Crippen LogP contribution in [0.1, 0.15) is 58.8 Å². The Morgan fingerprint density at radius 3 is 2.43 bits per heavy atom. The average Bonchev–Trinajstić information content (AvgIpc) is 2.15. The average molecular weight is 200 g/mol. The normalized spacial score (nSPS) is 13.4. The minimum atomic E-state index is -0.684. The van der Waals surface area contributed by atoms with E-state index in [4.69, 9.17) is 9.84 Å². The molecule has 0 heterocycles. The second-order valence-corrected chi connectivity index (χ2v) is 3.66. The van der Waals surface area contributed by atoms with Gasteiger partial charge in [-0.2, -0.15) is 0 Å². The van der Waals surface area contributed by atoms with E-state index in [0.29, 0.717) is 0 Å². The van der Waals surface area contributed by atoms with Gasteiger partial charge in [0, 0.05) is 0 Å². The van der Waals surface area contributed by atoms with E-state index in [1.807, 2.05) is 6.08 Å². The number of allylic oxidation sites excluding steroid dienone is 1. The summed E-state index contributed by atoms with van der Waals surface area (Å²) in [6, 6.07) is 0. The SMILES string of the molecule is CCCCCCCCC=COC(C)O. The third-order valence-corrected chi connectivity index (χ3v) is 2.10. The highest BCUT2D eigenvalue weighted by molar-refractivity contribution is 4.73. The van der Waals surface area contributed by atoms with E-state index in [-0.39, 0.29) is 0 Å². The Morgan fingerprint density at radius 1 is 1.14 bits per heavy atom. The van der Waals surface area contributed by atoms with Gasteiger partial charge in [0.05, 0.1) is 6.26 Å². The Kier molecular flexibility index (Phi) is 10.2. The molecule has 0 aliphatic heterocycles. The van der Waals surface area contributed by atoms with Crippen molar-refractivity contribution in [1.82, 2.24) is 0 Å². The molecule has 0 radical (unpaired) electrons. The van der Waals surface area contributed by atoms with Crippen molar-refractivity contribution in [2.75, 3.05) is 0 Å². The van der Waals surface area contributed by atoms with Gasteiger partial charge in [0.15, 0.2) is 6.29 Å². The van der Waals surface area contributed by atoms with Crippen LogP contribution in [0.15, 0.2) is 12.3 Å². The first-order valence-corrected chi connectivity index (χ1v) is 5.76. The van der Waals surface area contributed by atoms with E-state index >= 15 is 0 Å². The molecule has 0 aliphatic rings. The maximum Gasteiger partial charge on any atom is 0.193 e. The van der Waals surface area contributed by atoms with Gasteiger partial charge in [-0.15, -0.1) is 0 Å². The Morgan fingerprint density at radius 2 is 1.79 bits per heavy atom. The lowest BCUT2D eigenvalue weighted by molar-refractivity contribution is -0.0352. The molecule has 0 rings (SSSR count). The van der Waals surface area contributed by atoms with Gasteiger partial charge in [-0.25, -0.2) is 0 Å². The van der Waals surface area contributed by atoms with Crippen LogP contribution < -0.4 is 0 Å². The summed E-state index contributed by atoms with van der Waals surface area (Å²) in [5.74, 6) is 0. The first-order chi connectivity index (χ1) is 6.77. The summed E-state index contributed by atoms with van der Waals surface area (Å²) in [6.45, 7) is 3.84. The Balaban J connectivity index is 3.01. The fraction of sp³-hybridized carbons (Fsp3) is 0.833. The van der Waals surface area contributed by atoms with Gasteiger partial charge in [-0.1, -0.05) is 39.0 Å². The first-order valence-electron chi connectivity index (χ1n) is 5.76. The van der Waals surface area contributed by atoms with Gasteiger partial charge >= 0.3 is 0 Å². The molecule has 14 heavy (non-hydrogen) atoms. The fourth-order valence-corrected chi connectivity index (χ4v) is 1.28. The van der Waals surface area contributed by atoms with Crippen LogP contribution >= 0.6 is 0 Å². The van der Waals surface area contributed by atoms with Crippen LogP contribution in [0.2, 0.25) is 0 Å². The van der Waals surface area contributed by atoms with Crippen molar-refractivity contribution in [3.8, 4) is 0 Å². The van der Waals surface area contributed by atoms with E-state index in [0.717, 1.165) is 6.42 Å². The molecule has 0 saturated carbocycles. The molecule has 0 amide bonds. The Hall–Kier alpha value is -0.500. The number of aliphatic hydroxyl groups is 1. The Bertz CT molecular complexity index is 130. The van der Waals surface area contributed by atoms with E-state index in [9.17, 15) is 0 Å². The first kappa shape index (κ1) is 13.5. The van der Waals surface area contributed by atoms with E-state index in [1.165, 1.54) is 38.5 Å². The molecule has 0 aromatic heterocycles. The standard InChI is InChI=1S/C12H24O2/c1-3-4-5-6-7-8-9-10-11-14-12(2)13/h10-13H,3-9H2,1-2H3. The molecule has 1 atom stereocenters. The predicted molar refractivity (Wildman–Crippen MR) is 59.9 cm³/mol. The minimum Gasteiger partial charge on any atom is -0.473 e. The monoisotopic (exact) mass is 200 g/mol. The third kappa shape index (κ3) is 11.5. The Labute approximate surface area is 88.0 Å². The zero-order valence-electron chi connectivity index (χ0n) is 9.54. The van der Waals surface area contributed by atoms with Crippen LogP contribution in [0.5, 0.6) is 0 Å². The molecule has 0 fully saturated rings. The number of aliphatic hydroxyl groups excluding tert-OH is 1. The van der Waals surface area contributed by atoms with Crippen LogP contribution in [0.4, 0.5) is 0 Å². The molecule has 0 aromatic carbocycles. The highest BCUT2D eigenvalue weighted by atomic mass is 16.6. The molecule has 2 nitrogen and oxygen atoms in total. The van der Waals surface area contributed by atoms with Crippen molar-refractivity contribution in [1.29, 1.82) is 0 Å².